The molecule has 0 radical (unpaired) electrons. The summed E-state index contributed by atoms with van der Waals surface area (Å²) in [6, 6.07) is 11.0. The van der Waals surface area contributed by atoms with Crippen LogP contribution in [0.3, 0.4) is 0 Å². The molecule has 0 spiro atoms. The van der Waals surface area contributed by atoms with Gasteiger partial charge in [-0.15, -0.1) is 0 Å². The molecule has 1 unspecified atom stereocenters. The third-order valence-corrected chi connectivity index (χ3v) is 6.46. The normalized spacial score (nSPS) is 13.8. The Morgan fingerprint density at radius 1 is 1.27 bits per heavy atom. The predicted molar refractivity (Wildman–Crippen MR) is 129 cm³/mol. The molecule has 0 fully saturated rings. The van der Waals surface area contributed by atoms with Gasteiger partial charge in [-0.25, -0.2) is 14.1 Å². The molecule has 0 saturated heterocycles. The molecule has 1 N–H and O–H groups in total. The number of fused-ring (bicyclic) bond motifs is 1. The van der Waals surface area contributed by atoms with E-state index in [-0.39, 0.29) is 17.5 Å². The average molecular weight is 515 g/mol. The molecule has 8 heteroatoms. The summed E-state index contributed by atoms with van der Waals surface area (Å²) in [6.07, 6.45) is 3.84. The zero-order valence-electron chi connectivity index (χ0n) is 18.9. The van der Waals surface area contributed by atoms with E-state index in [2.05, 4.69) is 38.5 Å². The van der Waals surface area contributed by atoms with Gasteiger partial charge in [0.25, 0.3) is 0 Å². The maximum absolute atomic E-state index is 13.7. The zero-order chi connectivity index (χ0) is 23.4. The number of benzene rings is 1. The summed E-state index contributed by atoms with van der Waals surface area (Å²) >= 11 is 3.24. The Kier molecular flexibility index (Phi) is 7.42. The second-order valence-electron chi connectivity index (χ2n) is 8.52. The van der Waals surface area contributed by atoms with Gasteiger partial charge in [0.2, 0.25) is 5.88 Å². The van der Waals surface area contributed by atoms with E-state index < -0.39 is 0 Å². The van der Waals surface area contributed by atoms with Gasteiger partial charge in [0.1, 0.15) is 17.4 Å². The molecule has 1 aromatic carbocycles. The molecule has 0 saturated carbocycles. The molecular weight excluding hydrogens is 487 g/mol. The quantitative estimate of drug-likeness (QED) is 0.435. The Labute approximate surface area is 201 Å². The highest BCUT2D eigenvalue weighted by atomic mass is 79.9. The van der Waals surface area contributed by atoms with Crippen molar-refractivity contribution in [3.63, 3.8) is 0 Å². The third-order valence-electron chi connectivity index (χ3n) is 5.85. The highest BCUT2D eigenvalue weighted by Crippen LogP contribution is 2.29. The Morgan fingerprint density at radius 2 is 2.12 bits per heavy atom. The smallest absolute Gasteiger partial charge is 0.211 e. The van der Waals surface area contributed by atoms with Crippen LogP contribution in [0.25, 0.3) is 0 Å². The van der Waals surface area contributed by atoms with Gasteiger partial charge < -0.3 is 14.8 Å². The molecule has 0 amide bonds. The van der Waals surface area contributed by atoms with Crippen LogP contribution < -0.4 is 10.1 Å². The van der Waals surface area contributed by atoms with Crippen LogP contribution in [0.15, 0.2) is 40.9 Å². The van der Waals surface area contributed by atoms with Crippen LogP contribution in [0.1, 0.15) is 48.2 Å². The number of Topliss-reactive ketones (excluding diaryl/α,β-unsaturated/α-hetero) is 1. The first-order chi connectivity index (χ1) is 15.9. The van der Waals surface area contributed by atoms with Gasteiger partial charge >= 0.3 is 0 Å². The van der Waals surface area contributed by atoms with Crippen LogP contribution in [0.5, 0.6) is 5.88 Å². The third kappa shape index (κ3) is 5.99. The van der Waals surface area contributed by atoms with Crippen molar-refractivity contribution < 1.29 is 13.9 Å². The van der Waals surface area contributed by atoms with Crippen molar-refractivity contribution in [1.29, 1.82) is 0 Å². The molecule has 4 rings (SSSR count). The second kappa shape index (κ2) is 10.5. The molecule has 0 bridgehead atoms. The van der Waals surface area contributed by atoms with Crippen molar-refractivity contribution in [2.24, 2.45) is 7.05 Å². The van der Waals surface area contributed by atoms with E-state index in [0.29, 0.717) is 36.2 Å². The van der Waals surface area contributed by atoms with Crippen molar-refractivity contribution >= 4 is 27.5 Å². The lowest BCUT2D eigenvalue weighted by Gasteiger charge is -2.17. The molecule has 6 nitrogen and oxygen atoms in total. The summed E-state index contributed by atoms with van der Waals surface area (Å²) in [5, 5.41) is 7.94. The largest absolute Gasteiger partial charge is 0.477 e. The van der Waals surface area contributed by atoms with Crippen LogP contribution in [0.4, 0.5) is 10.2 Å². The number of carbonyl (C=O) groups excluding carboxylic acids is 1. The Balaban J connectivity index is 1.40. The Morgan fingerprint density at radius 3 is 2.91 bits per heavy atom. The number of anilines is 1. The van der Waals surface area contributed by atoms with Crippen LogP contribution in [-0.4, -0.2) is 33.7 Å². The van der Waals surface area contributed by atoms with Gasteiger partial charge in [-0.2, -0.15) is 5.10 Å². The fraction of sp³-hybridized carbons (Fsp3) is 0.400. The number of ether oxygens (including phenoxy) is 1. The van der Waals surface area contributed by atoms with Gasteiger partial charge in [-0.1, -0.05) is 12.1 Å². The van der Waals surface area contributed by atoms with Crippen molar-refractivity contribution in [2.45, 2.75) is 44.9 Å². The maximum atomic E-state index is 13.7. The van der Waals surface area contributed by atoms with Crippen LogP contribution in [0, 0.1) is 5.82 Å². The molecule has 3 aromatic rings. The lowest BCUT2D eigenvalue weighted by molar-refractivity contribution is -0.117. The predicted octanol–water partition coefficient (Wildman–Crippen LogP) is 5.00. The summed E-state index contributed by atoms with van der Waals surface area (Å²) in [5.41, 5.74) is 4.00. The number of hydrogen-bond acceptors (Lipinski definition) is 5. The van der Waals surface area contributed by atoms with E-state index in [1.807, 2.05) is 13.1 Å². The lowest BCUT2D eigenvalue weighted by atomic mass is 9.90. The van der Waals surface area contributed by atoms with Crippen LogP contribution in [0.2, 0.25) is 0 Å². The van der Waals surface area contributed by atoms with Gasteiger partial charge in [0.15, 0.2) is 0 Å². The minimum absolute atomic E-state index is 0.0832. The molecule has 0 aliphatic carbocycles. The van der Waals surface area contributed by atoms with Gasteiger partial charge in [0, 0.05) is 38.2 Å². The molecule has 1 aliphatic heterocycles. The Bertz CT molecular complexity index is 1150. The van der Waals surface area contributed by atoms with E-state index in [9.17, 15) is 9.18 Å². The highest BCUT2D eigenvalue weighted by Gasteiger charge is 2.19. The van der Waals surface area contributed by atoms with E-state index in [1.54, 1.807) is 23.7 Å². The molecule has 1 atom stereocenters. The lowest BCUT2D eigenvalue weighted by Crippen LogP contribution is -2.14. The zero-order valence-corrected chi connectivity index (χ0v) is 20.5. The first kappa shape index (κ1) is 23.4. The van der Waals surface area contributed by atoms with E-state index in [4.69, 9.17) is 9.72 Å². The summed E-state index contributed by atoms with van der Waals surface area (Å²) in [7, 11) is 1.84. The summed E-state index contributed by atoms with van der Waals surface area (Å²) in [4.78, 5) is 16.6. The summed E-state index contributed by atoms with van der Waals surface area (Å²) in [5.74, 6) is 1.33. The molecule has 3 heterocycles. The number of aromatic nitrogens is 3. The van der Waals surface area contributed by atoms with Crippen LogP contribution >= 0.6 is 15.9 Å². The summed E-state index contributed by atoms with van der Waals surface area (Å²) in [6.45, 7) is 3.03. The molecule has 33 heavy (non-hydrogen) atoms. The second-order valence-corrected chi connectivity index (χ2v) is 9.37. The molecule has 174 valence electrons. The van der Waals surface area contributed by atoms with Crippen molar-refractivity contribution in [2.75, 3.05) is 18.5 Å². The maximum Gasteiger partial charge on any atom is 0.211 e. The number of rotatable bonds is 9. The first-order valence-electron chi connectivity index (χ1n) is 11.2. The minimum atomic E-state index is -0.321. The topological polar surface area (TPSA) is 69.0 Å². The number of nitrogens with zero attached hydrogens (tertiary/aromatic N) is 3. The fourth-order valence-corrected chi connectivity index (χ4v) is 4.58. The fourth-order valence-electron chi connectivity index (χ4n) is 4.18. The number of nitrogens with one attached hydrogen (secondary N) is 1. The summed E-state index contributed by atoms with van der Waals surface area (Å²) < 4.78 is 21.8. The average Bonchev–Trinajstić information content (AvgIpc) is 3.13. The molecular formula is C25H28BrFN4O2. The Hall–Kier alpha value is -2.74. The van der Waals surface area contributed by atoms with E-state index in [1.165, 1.54) is 11.6 Å². The number of aryl methyl sites for hydroxylation is 2. The van der Waals surface area contributed by atoms with Crippen molar-refractivity contribution in [3.8, 4) is 5.88 Å². The van der Waals surface area contributed by atoms with Crippen molar-refractivity contribution in [3.05, 3.63) is 69.2 Å². The number of carbonyl (C=O) groups is 1. The highest BCUT2D eigenvalue weighted by molar-refractivity contribution is 9.10. The molecule has 1 aliphatic rings. The van der Waals surface area contributed by atoms with Gasteiger partial charge in [-0.05, 0) is 77.4 Å². The number of halogens is 2. The molecule has 2 aromatic heterocycles. The van der Waals surface area contributed by atoms with Gasteiger partial charge in [0.05, 0.1) is 16.8 Å². The number of pyridine rings is 1. The van der Waals surface area contributed by atoms with Crippen molar-refractivity contribution in [1.82, 2.24) is 14.8 Å². The van der Waals surface area contributed by atoms with E-state index >= 15 is 0 Å². The standard InChI is InChI=1S/C25H28BrFN4O2/c1-16(32)12-19(18-6-8-23(27)22(26)14-18)13-21-15-24(31(2)30-21)33-11-9-20-7-5-17-4-3-10-28-25(17)29-20/h5-8,14-15,19H,3-4,9-13H2,1-2H3,(H,28,29). The first-order valence-corrected chi connectivity index (χ1v) is 12.0. The van der Waals surface area contributed by atoms with Gasteiger partial charge in [-0.3, -0.25) is 0 Å². The monoisotopic (exact) mass is 514 g/mol. The number of ketones is 1. The van der Waals surface area contributed by atoms with Crippen LogP contribution in [-0.2, 0) is 31.1 Å². The van der Waals surface area contributed by atoms with E-state index in [0.717, 1.165) is 42.2 Å². The number of hydrogen-bond donors (Lipinski definition) is 1. The minimum Gasteiger partial charge on any atom is -0.477 e. The SMILES string of the molecule is CC(=O)CC(Cc1cc(OCCc2ccc3c(n2)NCCC3)n(C)n1)c1ccc(F)c(Br)c1.